The van der Waals surface area contributed by atoms with Crippen LogP contribution in [-0.4, -0.2) is 27.1 Å². The molecule has 0 rings (SSSR count). The summed E-state index contributed by atoms with van der Waals surface area (Å²) in [7, 11) is 0.750. The van der Waals surface area contributed by atoms with Crippen LogP contribution < -0.4 is 0 Å². The van der Waals surface area contributed by atoms with Crippen LogP contribution in [0.4, 0.5) is 0 Å². The van der Waals surface area contributed by atoms with Crippen molar-refractivity contribution in [2.45, 2.75) is 13.4 Å². The molecule has 0 aromatic heterocycles. The van der Waals surface area contributed by atoms with E-state index in [0.29, 0.717) is 0 Å². The summed E-state index contributed by atoms with van der Waals surface area (Å²) in [5.41, 5.74) is 0. The van der Waals surface area contributed by atoms with Gasteiger partial charge in [-0.25, -0.2) is 0 Å². The Balaban J connectivity index is -0.00000000571. The third kappa shape index (κ3) is 149. The molecule has 0 aromatic carbocycles. The van der Waals surface area contributed by atoms with Crippen LogP contribution in [0.3, 0.4) is 0 Å². The van der Waals surface area contributed by atoms with Gasteiger partial charge in [-0.2, -0.15) is 0 Å². The van der Waals surface area contributed by atoms with Crippen molar-refractivity contribution >= 4 is 17.2 Å². The Labute approximate surface area is 113 Å². The van der Waals surface area contributed by atoms with Crippen molar-refractivity contribution in [3.63, 3.8) is 0 Å². The molecule has 0 aliphatic rings. The van der Waals surface area contributed by atoms with E-state index in [2.05, 4.69) is 0 Å². The first kappa shape index (κ1) is 39.0. The average molecular weight is 308 g/mol. The Kier molecular flexibility index (Phi) is 243. The van der Waals surface area contributed by atoms with Crippen LogP contribution in [0.15, 0.2) is 0 Å². The van der Waals surface area contributed by atoms with Crippen molar-refractivity contribution in [2.75, 3.05) is 0 Å². The Bertz CT molecular complexity index is 23.2. The molecule has 0 heterocycles. The zero-order chi connectivity index (χ0) is 5.41. The summed E-state index contributed by atoms with van der Waals surface area (Å²) in [6, 6.07) is 0. The molecule has 10 heavy (non-hydrogen) atoms. The minimum Gasteiger partial charge on any atom is -0.455 e. The summed E-state index contributed by atoms with van der Waals surface area (Å²) in [5.74, 6) is 0. The van der Waals surface area contributed by atoms with E-state index < -0.39 is 0 Å². The van der Waals surface area contributed by atoms with Gasteiger partial charge in [-0.05, 0) is 6.55 Å². The van der Waals surface area contributed by atoms with Crippen LogP contribution in [0.1, 0.15) is 0 Å². The first-order valence-corrected chi connectivity index (χ1v) is 3.34. The standard InChI is InChI=1S/CH4BO.CH5OSi.4V/c1-2-3;1-3-2;;;;/h3H,1H3;2-3H,1H3;;;;. The number of hydrogen-bond acceptors (Lipinski definition) is 2. The van der Waals surface area contributed by atoms with E-state index in [1.807, 2.05) is 0 Å². The summed E-state index contributed by atoms with van der Waals surface area (Å²) < 4.78 is 0. The van der Waals surface area contributed by atoms with Crippen LogP contribution in [0.25, 0.3) is 0 Å². The van der Waals surface area contributed by atoms with Crippen molar-refractivity contribution in [3.8, 4) is 0 Å². The molecular weight excluding hydrogens is 299 g/mol. The molecule has 6 radical (unpaired) electrons. The Morgan fingerprint density at radius 1 is 1.10 bits per heavy atom. The van der Waals surface area contributed by atoms with Gasteiger partial charge in [-0.1, -0.05) is 6.82 Å². The van der Waals surface area contributed by atoms with Crippen molar-refractivity contribution in [1.82, 2.24) is 0 Å². The second kappa shape index (κ2) is 62.2. The molecule has 0 spiro atoms. The van der Waals surface area contributed by atoms with Crippen molar-refractivity contribution in [2.24, 2.45) is 0 Å². The van der Waals surface area contributed by atoms with E-state index in [-0.39, 0.29) is 84.0 Å². The average Bonchev–Trinajstić information content (AvgIpc) is 1.39. The van der Waals surface area contributed by atoms with Gasteiger partial charge >= 0.3 is 0 Å². The molecule has 0 aromatic rings. The molecule has 0 saturated heterocycles. The van der Waals surface area contributed by atoms with Crippen molar-refractivity contribution < 1.29 is 84.0 Å². The normalized spacial score (nSPS) is 3.20. The molecule has 0 saturated carbocycles. The number of hydrogen-bond donors (Lipinski definition) is 2. The maximum atomic E-state index is 7.65. The Hall–Kier alpha value is 2.54. The van der Waals surface area contributed by atoms with Gasteiger partial charge < -0.3 is 9.82 Å². The maximum absolute atomic E-state index is 7.65. The quantitative estimate of drug-likeness (QED) is 0.565. The van der Waals surface area contributed by atoms with Gasteiger partial charge in [0.15, 0.2) is 9.76 Å². The van der Waals surface area contributed by atoms with Gasteiger partial charge in [0.1, 0.15) is 0 Å². The molecule has 0 atom stereocenters. The molecule has 0 fully saturated rings. The molecule has 2 N–H and O–H groups in total. The number of rotatable bonds is 0. The van der Waals surface area contributed by atoms with Gasteiger partial charge in [-0.3, -0.25) is 0 Å². The SMILES string of the molecule is C[B]O.C[SiH]O.[V].[V].[V].[V]. The molecule has 0 aliphatic heterocycles. The van der Waals surface area contributed by atoms with Gasteiger partial charge in [0, 0.05) is 74.2 Å². The van der Waals surface area contributed by atoms with Crippen molar-refractivity contribution in [1.29, 1.82) is 0 Å². The smallest absolute Gasteiger partial charge is 0.283 e. The molecular formula is C2H9BO2SiV4. The van der Waals surface area contributed by atoms with E-state index in [1.54, 1.807) is 13.4 Å². The van der Waals surface area contributed by atoms with Crippen LogP contribution in [0.2, 0.25) is 13.4 Å². The van der Waals surface area contributed by atoms with E-state index in [1.165, 1.54) is 0 Å². The summed E-state index contributed by atoms with van der Waals surface area (Å²) in [6.45, 7) is 3.32. The summed E-state index contributed by atoms with van der Waals surface area (Å²) in [4.78, 5) is 7.65. The third-order valence-electron chi connectivity index (χ3n) is 0. The molecule has 2 nitrogen and oxygen atoms in total. The molecule has 0 unspecified atom stereocenters. The Morgan fingerprint density at radius 3 is 1.10 bits per heavy atom. The van der Waals surface area contributed by atoms with E-state index >= 15 is 0 Å². The predicted molar refractivity (Wildman–Crippen MR) is 29.1 cm³/mol. The van der Waals surface area contributed by atoms with E-state index in [9.17, 15) is 0 Å². The van der Waals surface area contributed by atoms with Gasteiger partial charge in [0.05, 0.1) is 0 Å². The minimum atomic E-state index is -0.250. The van der Waals surface area contributed by atoms with E-state index in [4.69, 9.17) is 9.82 Å². The topological polar surface area (TPSA) is 40.5 Å². The molecule has 56 valence electrons. The third-order valence-corrected chi connectivity index (χ3v) is 0. The second-order valence-electron chi connectivity index (χ2n) is 0.516. The zero-order valence-corrected chi connectivity index (χ0v) is 12.6. The van der Waals surface area contributed by atoms with Crippen LogP contribution in [0, 0.1) is 0 Å². The molecule has 0 bridgehead atoms. The van der Waals surface area contributed by atoms with Gasteiger partial charge in [0.2, 0.25) is 0 Å². The molecule has 8 heteroatoms. The summed E-state index contributed by atoms with van der Waals surface area (Å²) in [5, 5.41) is 7.44. The fourth-order valence-electron chi connectivity index (χ4n) is 0. The summed E-state index contributed by atoms with van der Waals surface area (Å²) >= 11 is 0. The molecule has 0 amide bonds. The first-order valence-electron chi connectivity index (χ1n) is 1.67. The fraction of sp³-hybridized carbons (Fsp3) is 1.00. The molecule has 0 aliphatic carbocycles. The second-order valence-corrected chi connectivity index (χ2v) is 1.03. The van der Waals surface area contributed by atoms with Crippen LogP contribution >= 0.6 is 0 Å². The van der Waals surface area contributed by atoms with Gasteiger partial charge in [-0.15, -0.1) is 0 Å². The predicted octanol–water partition coefficient (Wildman–Crippen LogP) is -0.986. The van der Waals surface area contributed by atoms with E-state index in [0.717, 1.165) is 7.48 Å². The van der Waals surface area contributed by atoms with Gasteiger partial charge in [0.25, 0.3) is 7.48 Å². The maximum Gasteiger partial charge on any atom is 0.283 e. The van der Waals surface area contributed by atoms with Crippen LogP contribution in [-0.2, 0) is 74.2 Å². The largest absolute Gasteiger partial charge is 0.455 e. The monoisotopic (exact) mass is 308 g/mol. The minimum absolute atomic E-state index is 0. The summed E-state index contributed by atoms with van der Waals surface area (Å²) in [6.07, 6.45) is 0. The van der Waals surface area contributed by atoms with Crippen LogP contribution in [0.5, 0.6) is 0 Å². The van der Waals surface area contributed by atoms with Crippen molar-refractivity contribution in [3.05, 3.63) is 0 Å². The fourth-order valence-corrected chi connectivity index (χ4v) is 0. The Morgan fingerprint density at radius 2 is 1.10 bits per heavy atom. The first-order chi connectivity index (χ1) is 2.83. The zero-order valence-electron chi connectivity index (χ0n) is 5.84.